The summed E-state index contributed by atoms with van der Waals surface area (Å²) >= 11 is 0. The van der Waals surface area contributed by atoms with E-state index in [4.69, 9.17) is 19.3 Å². The molecule has 36 heavy (non-hydrogen) atoms. The van der Waals surface area contributed by atoms with Crippen LogP contribution in [0.25, 0.3) is 0 Å². The van der Waals surface area contributed by atoms with Gasteiger partial charge in [0, 0.05) is 6.42 Å². The smallest absolute Gasteiger partial charge is 0.306 e. The van der Waals surface area contributed by atoms with Gasteiger partial charge in [-0.1, -0.05) is 110 Å². The summed E-state index contributed by atoms with van der Waals surface area (Å²) in [7, 11) is 0. The molecular weight excluding hydrogens is 464 g/mol. The number of carbonyl (C=O) groups excluding carboxylic acids is 1. The second-order valence-corrected chi connectivity index (χ2v) is 10.2. The second kappa shape index (κ2) is 22.2. The van der Waals surface area contributed by atoms with Crippen LogP contribution >= 0.6 is 0 Å². The summed E-state index contributed by atoms with van der Waals surface area (Å²) in [6.07, 6.45) is 14.5. The van der Waals surface area contributed by atoms with E-state index >= 15 is 0 Å². The number of rotatable bonds is 24. The molecule has 1 fully saturated rings. The van der Waals surface area contributed by atoms with E-state index in [-0.39, 0.29) is 19.6 Å². The van der Waals surface area contributed by atoms with Crippen LogP contribution in [0.4, 0.5) is 0 Å². The Kier molecular flexibility index (Phi) is 20.5. The molecule has 1 aliphatic heterocycles. The van der Waals surface area contributed by atoms with Crippen molar-refractivity contribution in [2.75, 3.05) is 19.8 Å². The van der Waals surface area contributed by atoms with Crippen LogP contribution < -0.4 is 0 Å². The molecule has 1 aliphatic rings. The SMILES string of the molecule is CCCCCCCCCCCCCCCCCCCC(=O)O[C@@H](C1OCCO1)[C@@H](O)[C@H](O)[C@H](O)CO. The molecule has 4 atom stereocenters. The molecule has 0 spiro atoms. The fourth-order valence-corrected chi connectivity index (χ4v) is 4.59. The molecule has 0 aromatic carbocycles. The first-order chi connectivity index (χ1) is 17.5. The monoisotopic (exact) mass is 518 g/mol. The maximum absolute atomic E-state index is 12.3. The van der Waals surface area contributed by atoms with E-state index in [1.807, 2.05) is 0 Å². The van der Waals surface area contributed by atoms with Crippen LogP contribution in [0.5, 0.6) is 0 Å². The number of aliphatic hydroxyl groups excluding tert-OH is 4. The van der Waals surface area contributed by atoms with Crippen LogP contribution in [0.15, 0.2) is 0 Å². The summed E-state index contributed by atoms with van der Waals surface area (Å²) in [5.41, 5.74) is 0. The average Bonchev–Trinajstić information content (AvgIpc) is 3.42. The van der Waals surface area contributed by atoms with Gasteiger partial charge in [0.05, 0.1) is 19.8 Å². The van der Waals surface area contributed by atoms with Gasteiger partial charge in [0.1, 0.15) is 18.3 Å². The molecular formula is C28H54O8. The maximum atomic E-state index is 12.3. The number of hydrogen-bond donors (Lipinski definition) is 4. The molecule has 0 aliphatic carbocycles. The molecule has 4 N–H and O–H groups in total. The topological polar surface area (TPSA) is 126 Å². The molecule has 0 saturated carbocycles. The number of aliphatic hydroxyl groups is 4. The van der Waals surface area contributed by atoms with Gasteiger partial charge in [-0.3, -0.25) is 4.79 Å². The number of ether oxygens (including phenoxy) is 3. The van der Waals surface area contributed by atoms with Crippen molar-refractivity contribution in [3.05, 3.63) is 0 Å². The largest absolute Gasteiger partial charge is 0.454 e. The summed E-state index contributed by atoms with van der Waals surface area (Å²) in [5.74, 6) is -0.509. The molecule has 0 amide bonds. The Labute approximate surface area is 218 Å². The minimum absolute atomic E-state index is 0.202. The van der Waals surface area contributed by atoms with E-state index in [0.717, 1.165) is 12.8 Å². The standard InChI is InChI=1S/C28H54O8/c1-2-3-4-5-6-7-8-9-10-11-12-13-14-15-16-17-18-19-24(31)36-27(28-34-20-21-35-28)26(33)25(32)23(30)22-29/h23,25-30,32-33H,2-22H2,1H3/t23-,25-,26+,27-/m1/s1. The maximum Gasteiger partial charge on any atom is 0.306 e. The van der Waals surface area contributed by atoms with Crippen molar-refractivity contribution in [1.82, 2.24) is 0 Å². The predicted octanol–water partition coefficient (Wildman–Crippen LogP) is 4.39. The van der Waals surface area contributed by atoms with Gasteiger partial charge in [-0.25, -0.2) is 0 Å². The Morgan fingerprint density at radius 1 is 0.722 bits per heavy atom. The molecule has 1 rings (SSSR count). The third kappa shape index (κ3) is 15.5. The van der Waals surface area contributed by atoms with Gasteiger partial charge in [0.25, 0.3) is 0 Å². The van der Waals surface area contributed by atoms with Gasteiger partial charge in [-0.15, -0.1) is 0 Å². The van der Waals surface area contributed by atoms with Crippen molar-refractivity contribution >= 4 is 5.97 Å². The zero-order chi connectivity index (χ0) is 26.4. The van der Waals surface area contributed by atoms with E-state index in [1.165, 1.54) is 89.9 Å². The van der Waals surface area contributed by atoms with Crippen LogP contribution in [-0.4, -0.2) is 76.9 Å². The third-order valence-electron chi connectivity index (χ3n) is 6.94. The Bertz CT molecular complexity index is 512. The summed E-state index contributed by atoms with van der Waals surface area (Å²) in [6, 6.07) is 0. The summed E-state index contributed by atoms with van der Waals surface area (Å²) in [4.78, 5) is 12.3. The quantitative estimate of drug-likeness (QED) is 0.110. The minimum Gasteiger partial charge on any atom is -0.454 e. The van der Waals surface area contributed by atoms with E-state index in [1.54, 1.807) is 0 Å². The molecule has 214 valence electrons. The number of carbonyl (C=O) groups is 1. The highest BCUT2D eigenvalue weighted by Crippen LogP contribution is 2.20. The van der Waals surface area contributed by atoms with Gasteiger partial charge in [0.15, 0.2) is 12.4 Å². The highest BCUT2D eigenvalue weighted by Gasteiger charge is 2.41. The second-order valence-electron chi connectivity index (χ2n) is 10.2. The van der Waals surface area contributed by atoms with Gasteiger partial charge < -0.3 is 34.6 Å². The lowest BCUT2D eigenvalue weighted by Crippen LogP contribution is -2.52. The summed E-state index contributed by atoms with van der Waals surface area (Å²) < 4.78 is 16.0. The van der Waals surface area contributed by atoms with E-state index in [9.17, 15) is 20.1 Å². The van der Waals surface area contributed by atoms with Crippen LogP contribution in [-0.2, 0) is 19.0 Å². The third-order valence-corrected chi connectivity index (χ3v) is 6.94. The molecule has 0 radical (unpaired) electrons. The molecule has 0 bridgehead atoms. The minimum atomic E-state index is -1.69. The first-order valence-corrected chi connectivity index (χ1v) is 14.6. The van der Waals surface area contributed by atoms with Crippen molar-refractivity contribution in [2.45, 2.75) is 153 Å². The van der Waals surface area contributed by atoms with Crippen LogP contribution in [0.3, 0.4) is 0 Å². The zero-order valence-corrected chi connectivity index (χ0v) is 22.7. The lowest BCUT2D eigenvalue weighted by molar-refractivity contribution is -0.210. The van der Waals surface area contributed by atoms with Crippen LogP contribution in [0.2, 0.25) is 0 Å². The fraction of sp³-hybridized carbons (Fsp3) is 0.964. The van der Waals surface area contributed by atoms with Gasteiger partial charge in [-0.2, -0.15) is 0 Å². The molecule has 0 unspecified atom stereocenters. The lowest BCUT2D eigenvalue weighted by Gasteiger charge is -2.31. The highest BCUT2D eigenvalue weighted by molar-refractivity contribution is 5.69. The summed E-state index contributed by atoms with van der Waals surface area (Å²) in [6.45, 7) is 2.09. The predicted molar refractivity (Wildman–Crippen MR) is 139 cm³/mol. The molecule has 0 aromatic heterocycles. The van der Waals surface area contributed by atoms with E-state index in [0.29, 0.717) is 6.42 Å². The molecule has 8 nitrogen and oxygen atoms in total. The molecule has 0 aromatic rings. The number of hydrogen-bond acceptors (Lipinski definition) is 8. The Morgan fingerprint density at radius 2 is 1.14 bits per heavy atom. The first kappa shape index (κ1) is 33.3. The van der Waals surface area contributed by atoms with Crippen molar-refractivity contribution in [3.8, 4) is 0 Å². The zero-order valence-electron chi connectivity index (χ0n) is 22.7. The van der Waals surface area contributed by atoms with Gasteiger partial charge in [-0.05, 0) is 6.42 Å². The average molecular weight is 519 g/mol. The van der Waals surface area contributed by atoms with Crippen molar-refractivity contribution in [3.63, 3.8) is 0 Å². The Morgan fingerprint density at radius 3 is 1.56 bits per heavy atom. The normalized spacial score (nSPS) is 17.7. The summed E-state index contributed by atoms with van der Waals surface area (Å²) in [5, 5.41) is 39.0. The number of unbranched alkanes of at least 4 members (excludes halogenated alkanes) is 16. The Hall–Kier alpha value is -0.770. The molecule has 1 saturated heterocycles. The van der Waals surface area contributed by atoms with Crippen molar-refractivity contribution in [1.29, 1.82) is 0 Å². The molecule has 1 heterocycles. The number of esters is 1. The molecule has 8 heteroatoms. The van der Waals surface area contributed by atoms with Crippen LogP contribution in [0, 0.1) is 0 Å². The van der Waals surface area contributed by atoms with Crippen molar-refractivity contribution in [2.24, 2.45) is 0 Å². The van der Waals surface area contributed by atoms with E-state index < -0.39 is 43.3 Å². The fourth-order valence-electron chi connectivity index (χ4n) is 4.59. The lowest BCUT2D eigenvalue weighted by atomic mass is 10.0. The first-order valence-electron chi connectivity index (χ1n) is 14.6. The van der Waals surface area contributed by atoms with Crippen molar-refractivity contribution < 1.29 is 39.4 Å². The van der Waals surface area contributed by atoms with Gasteiger partial charge in [0.2, 0.25) is 0 Å². The van der Waals surface area contributed by atoms with E-state index in [2.05, 4.69) is 6.92 Å². The van der Waals surface area contributed by atoms with Crippen LogP contribution in [0.1, 0.15) is 122 Å². The Balaban J connectivity index is 2.03. The highest BCUT2D eigenvalue weighted by atomic mass is 16.7. The van der Waals surface area contributed by atoms with Gasteiger partial charge >= 0.3 is 5.97 Å².